The Labute approximate surface area is 189 Å². The Morgan fingerprint density at radius 1 is 1.19 bits per heavy atom. The van der Waals surface area contributed by atoms with Crippen molar-refractivity contribution < 1.29 is 14.3 Å². The minimum Gasteiger partial charge on any atom is -0.384 e. The lowest BCUT2D eigenvalue weighted by Gasteiger charge is -2.36. The number of nitrogens with zero attached hydrogens (tertiary/aromatic N) is 2. The molecular formula is C25H32N4O3. The lowest BCUT2D eigenvalue weighted by Crippen LogP contribution is -2.57. The molecule has 1 aliphatic carbocycles. The van der Waals surface area contributed by atoms with Gasteiger partial charge in [0.25, 0.3) is 0 Å². The van der Waals surface area contributed by atoms with Gasteiger partial charge in [-0.2, -0.15) is 0 Å². The van der Waals surface area contributed by atoms with E-state index >= 15 is 0 Å². The molecule has 1 aromatic heterocycles. The summed E-state index contributed by atoms with van der Waals surface area (Å²) >= 11 is 0. The summed E-state index contributed by atoms with van der Waals surface area (Å²) < 4.78 is 5.55. The summed E-state index contributed by atoms with van der Waals surface area (Å²) in [4.78, 5) is 32.3. The Morgan fingerprint density at radius 2 is 2.00 bits per heavy atom. The van der Waals surface area contributed by atoms with E-state index < -0.39 is 6.04 Å². The Kier molecular flexibility index (Phi) is 7.05. The molecule has 0 radical (unpaired) electrons. The van der Waals surface area contributed by atoms with Crippen LogP contribution in [0, 0.1) is 18.8 Å². The SMILES string of the molecule is Cc1nc(N)ccc1CNC(=O)[C@@H]1COCCN1C(=O)[C@@H]1CC[C@@H](Cc2ccccc2)C1. The number of nitrogens with two attached hydrogens (primary N) is 1. The molecule has 2 aliphatic rings. The number of nitrogen functional groups attached to an aromatic ring is 1. The predicted octanol–water partition coefficient (Wildman–Crippen LogP) is 2.47. The number of aromatic nitrogens is 1. The maximum absolute atomic E-state index is 13.3. The van der Waals surface area contributed by atoms with Gasteiger partial charge in [0.1, 0.15) is 11.9 Å². The fourth-order valence-electron chi connectivity index (χ4n) is 4.85. The second-order valence-corrected chi connectivity index (χ2v) is 8.89. The van der Waals surface area contributed by atoms with Gasteiger partial charge in [-0.15, -0.1) is 0 Å². The minimum atomic E-state index is -0.591. The van der Waals surface area contributed by atoms with Gasteiger partial charge in [-0.05, 0) is 55.7 Å². The van der Waals surface area contributed by atoms with Crippen molar-refractivity contribution in [1.82, 2.24) is 15.2 Å². The van der Waals surface area contributed by atoms with Gasteiger partial charge in [0, 0.05) is 24.7 Å². The maximum atomic E-state index is 13.3. The molecule has 3 N–H and O–H groups in total. The monoisotopic (exact) mass is 436 g/mol. The average Bonchev–Trinajstić information content (AvgIpc) is 3.27. The second kappa shape index (κ2) is 10.1. The van der Waals surface area contributed by atoms with Crippen molar-refractivity contribution in [1.29, 1.82) is 0 Å². The van der Waals surface area contributed by atoms with Crippen molar-refractivity contribution in [3.63, 3.8) is 0 Å². The van der Waals surface area contributed by atoms with E-state index in [2.05, 4.69) is 34.6 Å². The number of hydrogen-bond acceptors (Lipinski definition) is 5. The molecular weight excluding hydrogens is 404 g/mol. The van der Waals surface area contributed by atoms with E-state index in [0.717, 1.165) is 36.9 Å². The summed E-state index contributed by atoms with van der Waals surface area (Å²) in [5.74, 6) is 0.862. The van der Waals surface area contributed by atoms with Crippen LogP contribution in [0.3, 0.4) is 0 Å². The Balaban J connectivity index is 1.35. The van der Waals surface area contributed by atoms with Gasteiger partial charge in [0.15, 0.2) is 0 Å². The number of carbonyl (C=O) groups excluding carboxylic acids is 2. The molecule has 4 rings (SSSR count). The Hall–Kier alpha value is -2.93. The van der Waals surface area contributed by atoms with Gasteiger partial charge < -0.3 is 20.7 Å². The number of anilines is 1. The quantitative estimate of drug-likeness (QED) is 0.725. The summed E-state index contributed by atoms with van der Waals surface area (Å²) in [6.45, 7) is 3.37. The zero-order chi connectivity index (χ0) is 22.5. The zero-order valence-electron chi connectivity index (χ0n) is 18.6. The summed E-state index contributed by atoms with van der Waals surface area (Å²) in [6.07, 6.45) is 3.83. The summed E-state index contributed by atoms with van der Waals surface area (Å²) in [5, 5.41) is 2.95. The number of rotatable bonds is 6. The first-order valence-electron chi connectivity index (χ1n) is 11.4. The molecule has 0 unspecified atom stereocenters. The largest absolute Gasteiger partial charge is 0.384 e. The number of morpholine rings is 1. The van der Waals surface area contributed by atoms with Crippen LogP contribution in [0.1, 0.15) is 36.1 Å². The Bertz CT molecular complexity index is 949. The van der Waals surface area contributed by atoms with Crippen LogP contribution in [0.4, 0.5) is 5.82 Å². The first kappa shape index (κ1) is 22.3. The van der Waals surface area contributed by atoms with Gasteiger partial charge in [0.05, 0.1) is 13.2 Å². The molecule has 0 spiro atoms. The molecule has 2 amide bonds. The fourth-order valence-corrected chi connectivity index (χ4v) is 4.85. The minimum absolute atomic E-state index is 0.0133. The summed E-state index contributed by atoms with van der Waals surface area (Å²) in [5.41, 5.74) is 8.72. The first-order valence-corrected chi connectivity index (χ1v) is 11.4. The predicted molar refractivity (Wildman–Crippen MR) is 123 cm³/mol. The van der Waals surface area contributed by atoms with Crippen molar-refractivity contribution in [2.24, 2.45) is 11.8 Å². The van der Waals surface area contributed by atoms with E-state index in [9.17, 15) is 9.59 Å². The van der Waals surface area contributed by atoms with Gasteiger partial charge in [0.2, 0.25) is 11.8 Å². The number of aryl methyl sites for hydroxylation is 1. The molecule has 2 aromatic rings. The third kappa shape index (κ3) is 5.27. The van der Waals surface area contributed by atoms with Crippen LogP contribution in [0.15, 0.2) is 42.5 Å². The second-order valence-electron chi connectivity index (χ2n) is 8.89. The molecule has 1 aromatic carbocycles. The van der Waals surface area contributed by atoms with Crippen LogP contribution in [0.5, 0.6) is 0 Å². The normalized spacial score (nSPS) is 23.2. The van der Waals surface area contributed by atoms with Gasteiger partial charge in [-0.25, -0.2) is 4.98 Å². The van der Waals surface area contributed by atoms with Crippen molar-refractivity contribution in [2.75, 3.05) is 25.5 Å². The number of carbonyl (C=O) groups is 2. The maximum Gasteiger partial charge on any atom is 0.245 e. The molecule has 3 atom stereocenters. The molecule has 2 heterocycles. The fraction of sp³-hybridized carbons (Fsp3) is 0.480. The van der Waals surface area contributed by atoms with E-state index in [-0.39, 0.29) is 24.3 Å². The van der Waals surface area contributed by atoms with Gasteiger partial charge in [-0.1, -0.05) is 36.4 Å². The smallest absolute Gasteiger partial charge is 0.245 e. The number of pyridine rings is 1. The van der Waals surface area contributed by atoms with E-state index in [4.69, 9.17) is 10.5 Å². The van der Waals surface area contributed by atoms with Crippen LogP contribution >= 0.6 is 0 Å². The highest BCUT2D eigenvalue weighted by Gasteiger charge is 2.38. The highest BCUT2D eigenvalue weighted by atomic mass is 16.5. The third-order valence-corrected chi connectivity index (χ3v) is 6.64. The number of nitrogens with one attached hydrogen (secondary N) is 1. The molecule has 32 heavy (non-hydrogen) atoms. The van der Waals surface area contributed by atoms with E-state index in [0.29, 0.717) is 31.4 Å². The van der Waals surface area contributed by atoms with Crippen molar-refractivity contribution in [2.45, 2.75) is 45.2 Å². The topological polar surface area (TPSA) is 97.5 Å². The van der Waals surface area contributed by atoms with Crippen LogP contribution in [-0.2, 0) is 27.3 Å². The van der Waals surface area contributed by atoms with Crippen molar-refractivity contribution >= 4 is 17.6 Å². The lowest BCUT2D eigenvalue weighted by atomic mass is 9.96. The van der Waals surface area contributed by atoms with Crippen LogP contribution in [0.2, 0.25) is 0 Å². The number of ether oxygens (including phenoxy) is 1. The molecule has 7 nitrogen and oxygen atoms in total. The number of benzene rings is 1. The molecule has 1 aliphatic heterocycles. The van der Waals surface area contributed by atoms with Crippen LogP contribution in [0.25, 0.3) is 0 Å². The molecule has 2 fully saturated rings. The van der Waals surface area contributed by atoms with E-state index in [1.165, 1.54) is 5.56 Å². The molecule has 1 saturated heterocycles. The highest BCUT2D eigenvalue weighted by molar-refractivity contribution is 5.89. The van der Waals surface area contributed by atoms with Gasteiger partial charge >= 0.3 is 0 Å². The van der Waals surface area contributed by atoms with Crippen molar-refractivity contribution in [3.8, 4) is 0 Å². The van der Waals surface area contributed by atoms with Crippen LogP contribution < -0.4 is 11.1 Å². The zero-order valence-corrected chi connectivity index (χ0v) is 18.6. The molecule has 170 valence electrons. The average molecular weight is 437 g/mol. The lowest BCUT2D eigenvalue weighted by molar-refractivity contribution is -0.151. The summed E-state index contributed by atoms with van der Waals surface area (Å²) in [6, 6.07) is 13.4. The number of amides is 2. The molecule has 1 saturated carbocycles. The first-order chi connectivity index (χ1) is 15.5. The molecule has 7 heteroatoms. The number of hydrogen-bond donors (Lipinski definition) is 2. The van der Waals surface area contributed by atoms with Crippen LogP contribution in [-0.4, -0.2) is 47.5 Å². The standard InChI is InChI=1S/C25H32N4O3/c1-17-21(9-10-23(26)28-17)15-27-24(30)22-16-32-12-11-29(22)25(31)20-8-7-19(14-20)13-18-5-3-2-4-6-18/h2-6,9-10,19-20,22H,7-8,11-16H2,1H3,(H2,26,28)(H,27,30)/t19-,20+,22-/m0/s1. The van der Waals surface area contributed by atoms with Crippen molar-refractivity contribution in [3.05, 3.63) is 59.3 Å². The van der Waals surface area contributed by atoms with Gasteiger partial charge in [-0.3, -0.25) is 9.59 Å². The van der Waals surface area contributed by atoms with E-state index in [1.807, 2.05) is 19.1 Å². The molecule has 0 bridgehead atoms. The Morgan fingerprint density at radius 3 is 2.78 bits per heavy atom. The highest BCUT2D eigenvalue weighted by Crippen LogP contribution is 2.35. The third-order valence-electron chi connectivity index (χ3n) is 6.64. The van der Waals surface area contributed by atoms with E-state index in [1.54, 1.807) is 11.0 Å². The summed E-state index contributed by atoms with van der Waals surface area (Å²) in [7, 11) is 0.